The molecule has 2 N–H and O–H groups in total. The van der Waals surface area contributed by atoms with Gasteiger partial charge in [-0.2, -0.15) is 0 Å². The van der Waals surface area contributed by atoms with Gasteiger partial charge in [0, 0.05) is 42.4 Å². The molecule has 1 amide bonds. The van der Waals surface area contributed by atoms with Gasteiger partial charge < -0.3 is 15.0 Å². The number of fused-ring (bicyclic) bond motifs is 1. The molecule has 0 saturated carbocycles. The Kier molecular flexibility index (Phi) is 5.84. The van der Waals surface area contributed by atoms with Gasteiger partial charge >= 0.3 is 0 Å². The van der Waals surface area contributed by atoms with Crippen LogP contribution in [0.5, 0.6) is 0 Å². The highest BCUT2D eigenvalue weighted by molar-refractivity contribution is 7.90. The van der Waals surface area contributed by atoms with Crippen molar-refractivity contribution in [1.82, 2.24) is 9.88 Å². The van der Waals surface area contributed by atoms with Gasteiger partial charge in [-0.05, 0) is 24.3 Å². The van der Waals surface area contributed by atoms with Gasteiger partial charge in [-0.25, -0.2) is 8.42 Å². The largest absolute Gasteiger partial charge is 0.379 e. The van der Waals surface area contributed by atoms with Gasteiger partial charge in [0.25, 0.3) is 5.91 Å². The van der Waals surface area contributed by atoms with Crippen LogP contribution in [0.2, 0.25) is 5.02 Å². The third kappa shape index (κ3) is 4.37. The van der Waals surface area contributed by atoms with E-state index in [0.717, 1.165) is 30.3 Å². The van der Waals surface area contributed by atoms with E-state index in [4.69, 9.17) is 16.3 Å². The second kappa shape index (κ2) is 8.39. The summed E-state index contributed by atoms with van der Waals surface area (Å²) in [5, 5.41) is 4.10. The molecule has 0 bridgehead atoms. The molecule has 0 radical (unpaired) electrons. The van der Waals surface area contributed by atoms with Crippen molar-refractivity contribution in [2.75, 3.05) is 37.9 Å². The maximum absolute atomic E-state index is 13.1. The number of hydrogen-bond donors (Lipinski definition) is 2. The van der Waals surface area contributed by atoms with E-state index in [0.29, 0.717) is 41.7 Å². The van der Waals surface area contributed by atoms with Crippen molar-refractivity contribution < 1.29 is 17.9 Å². The molecule has 2 heterocycles. The lowest BCUT2D eigenvalue weighted by atomic mass is 10.1. The number of sulfone groups is 1. The summed E-state index contributed by atoms with van der Waals surface area (Å²) in [6.45, 7) is 3.36. The van der Waals surface area contributed by atoms with E-state index in [1.807, 2.05) is 0 Å². The Morgan fingerprint density at radius 3 is 2.63 bits per heavy atom. The van der Waals surface area contributed by atoms with Crippen molar-refractivity contribution >= 4 is 43.9 Å². The van der Waals surface area contributed by atoms with Crippen molar-refractivity contribution in [3.63, 3.8) is 0 Å². The lowest BCUT2D eigenvalue weighted by Crippen LogP contribution is -2.36. The van der Waals surface area contributed by atoms with Gasteiger partial charge in [-0.15, -0.1) is 0 Å². The Bertz CT molecular complexity index is 1200. The molecule has 1 aromatic heterocycles. The number of H-pyrrole nitrogens is 1. The molecule has 0 atom stereocenters. The van der Waals surface area contributed by atoms with Crippen molar-refractivity contribution in [2.24, 2.45) is 0 Å². The van der Waals surface area contributed by atoms with Crippen LogP contribution in [0.3, 0.4) is 0 Å². The Morgan fingerprint density at radius 1 is 1.20 bits per heavy atom. The number of aromatic amines is 1. The average Bonchev–Trinajstić information content (AvgIpc) is 3.08. The zero-order valence-electron chi connectivity index (χ0n) is 16.4. The fourth-order valence-corrected chi connectivity index (χ4v) is 4.38. The summed E-state index contributed by atoms with van der Waals surface area (Å²) >= 11 is 6.19. The minimum Gasteiger partial charge on any atom is -0.379 e. The number of amides is 1. The molecule has 4 rings (SSSR count). The highest BCUT2D eigenvalue weighted by Crippen LogP contribution is 2.28. The van der Waals surface area contributed by atoms with Gasteiger partial charge in [0.1, 0.15) is 5.69 Å². The molecule has 9 heteroatoms. The first-order valence-corrected chi connectivity index (χ1v) is 11.8. The van der Waals surface area contributed by atoms with E-state index in [1.165, 1.54) is 0 Å². The minimum absolute atomic E-state index is 0.201. The first kappa shape index (κ1) is 20.9. The van der Waals surface area contributed by atoms with Crippen LogP contribution in [-0.4, -0.2) is 56.8 Å². The van der Waals surface area contributed by atoms with Crippen LogP contribution in [-0.2, 0) is 21.1 Å². The number of carbonyl (C=O) groups is 1. The van der Waals surface area contributed by atoms with E-state index in [2.05, 4.69) is 15.2 Å². The SMILES string of the molecule is CS(=O)(=O)c1ccc2c(CN3CCOCC3)c(C(=O)Nc3ccccc3Cl)[nH]c2c1. The van der Waals surface area contributed by atoms with Crippen LogP contribution < -0.4 is 5.32 Å². The number of ether oxygens (including phenoxy) is 1. The summed E-state index contributed by atoms with van der Waals surface area (Å²) in [6.07, 6.45) is 1.16. The van der Waals surface area contributed by atoms with Crippen LogP contribution in [0, 0.1) is 0 Å². The van der Waals surface area contributed by atoms with Crippen LogP contribution >= 0.6 is 11.6 Å². The summed E-state index contributed by atoms with van der Waals surface area (Å²) in [6, 6.07) is 11.9. The highest BCUT2D eigenvalue weighted by atomic mass is 35.5. The number of hydrogen-bond acceptors (Lipinski definition) is 5. The Hall–Kier alpha value is -2.39. The van der Waals surface area contributed by atoms with Crippen molar-refractivity contribution in [3.05, 3.63) is 58.7 Å². The molecule has 3 aromatic rings. The predicted octanol–water partition coefficient (Wildman–Crippen LogP) is 3.31. The molecule has 1 saturated heterocycles. The second-order valence-electron chi connectivity index (χ2n) is 7.28. The van der Waals surface area contributed by atoms with E-state index < -0.39 is 9.84 Å². The van der Waals surface area contributed by atoms with Crippen molar-refractivity contribution in [1.29, 1.82) is 0 Å². The number of aromatic nitrogens is 1. The number of morpholine rings is 1. The summed E-state index contributed by atoms with van der Waals surface area (Å²) in [7, 11) is -3.36. The van der Waals surface area contributed by atoms with E-state index in [-0.39, 0.29) is 10.8 Å². The summed E-state index contributed by atoms with van der Waals surface area (Å²) in [5.41, 5.74) is 2.32. The summed E-state index contributed by atoms with van der Waals surface area (Å²) < 4.78 is 29.4. The third-order valence-electron chi connectivity index (χ3n) is 5.14. The number of anilines is 1. The molecule has 1 aliphatic heterocycles. The van der Waals surface area contributed by atoms with E-state index in [9.17, 15) is 13.2 Å². The number of para-hydroxylation sites is 1. The van der Waals surface area contributed by atoms with Gasteiger partial charge in [-0.1, -0.05) is 29.8 Å². The molecule has 158 valence electrons. The molecule has 0 aliphatic carbocycles. The third-order valence-corrected chi connectivity index (χ3v) is 6.58. The predicted molar refractivity (Wildman–Crippen MR) is 117 cm³/mol. The smallest absolute Gasteiger partial charge is 0.272 e. The number of rotatable bonds is 5. The lowest BCUT2D eigenvalue weighted by molar-refractivity contribution is 0.0342. The molecule has 1 aliphatic rings. The highest BCUT2D eigenvalue weighted by Gasteiger charge is 2.22. The fraction of sp³-hybridized carbons (Fsp3) is 0.286. The van der Waals surface area contributed by atoms with Gasteiger partial charge in [-0.3, -0.25) is 9.69 Å². The molecule has 2 aromatic carbocycles. The number of nitrogens with zero attached hydrogens (tertiary/aromatic N) is 1. The van der Waals surface area contributed by atoms with E-state index in [1.54, 1.807) is 42.5 Å². The molecular weight excluding hydrogens is 426 g/mol. The molecule has 0 spiro atoms. The summed E-state index contributed by atoms with van der Waals surface area (Å²) in [5.74, 6) is -0.330. The second-order valence-corrected chi connectivity index (χ2v) is 9.70. The van der Waals surface area contributed by atoms with Crippen molar-refractivity contribution in [3.8, 4) is 0 Å². The molecule has 0 unspecified atom stereocenters. The van der Waals surface area contributed by atoms with Crippen LogP contribution in [0.25, 0.3) is 10.9 Å². The first-order chi connectivity index (χ1) is 14.3. The number of halogens is 1. The van der Waals surface area contributed by atoms with Gasteiger partial charge in [0.2, 0.25) is 0 Å². The number of nitrogens with one attached hydrogen (secondary N) is 2. The molecular formula is C21H22ClN3O4S. The van der Waals surface area contributed by atoms with Crippen LogP contribution in [0.4, 0.5) is 5.69 Å². The normalized spacial score (nSPS) is 15.4. The molecule has 1 fully saturated rings. The minimum atomic E-state index is -3.36. The van der Waals surface area contributed by atoms with Gasteiger partial charge in [0.15, 0.2) is 9.84 Å². The van der Waals surface area contributed by atoms with Crippen LogP contribution in [0.1, 0.15) is 16.1 Å². The maximum Gasteiger partial charge on any atom is 0.272 e. The lowest BCUT2D eigenvalue weighted by Gasteiger charge is -2.26. The number of benzene rings is 2. The fourth-order valence-electron chi connectivity index (χ4n) is 3.55. The quantitative estimate of drug-likeness (QED) is 0.626. The van der Waals surface area contributed by atoms with Crippen molar-refractivity contribution in [2.45, 2.75) is 11.4 Å². The molecule has 30 heavy (non-hydrogen) atoms. The Morgan fingerprint density at radius 2 is 1.93 bits per heavy atom. The maximum atomic E-state index is 13.1. The van der Waals surface area contributed by atoms with Crippen LogP contribution in [0.15, 0.2) is 47.4 Å². The monoisotopic (exact) mass is 447 g/mol. The topological polar surface area (TPSA) is 91.5 Å². The van der Waals surface area contributed by atoms with E-state index >= 15 is 0 Å². The number of carbonyl (C=O) groups excluding carboxylic acids is 1. The zero-order chi connectivity index (χ0) is 21.3. The summed E-state index contributed by atoms with van der Waals surface area (Å²) in [4.78, 5) is 18.7. The standard InChI is InChI=1S/C21H22ClN3O4S/c1-30(27,28)14-6-7-15-16(13-25-8-10-29-11-9-25)20(23-19(15)12-14)21(26)24-18-5-3-2-4-17(18)22/h2-7,12,23H,8-11,13H2,1H3,(H,24,26). The van der Waals surface area contributed by atoms with Gasteiger partial charge in [0.05, 0.1) is 28.8 Å². The Labute approximate surface area is 179 Å². The zero-order valence-corrected chi connectivity index (χ0v) is 18.0. The first-order valence-electron chi connectivity index (χ1n) is 9.53. The Balaban J connectivity index is 1.76. The molecule has 7 nitrogen and oxygen atoms in total. The average molecular weight is 448 g/mol.